The summed E-state index contributed by atoms with van der Waals surface area (Å²) in [4.78, 5) is 17.2. The van der Waals surface area contributed by atoms with Gasteiger partial charge in [0.25, 0.3) is 5.91 Å². The third-order valence-corrected chi connectivity index (χ3v) is 5.03. The Morgan fingerprint density at radius 1 is 1.07 bits per heavy atom. The van der Waals surface area contributed by atoms with Gasteiger partial charge in [0.15, 0.2) is 0 Å². The van der Waals surface area contributed by atoms with Gasteiger partial charge >= 0.3 is 0 Å². The molecule has 0 spiro atoms. The number of carbonyl (C=O) groups excluding carboxylic acids is 1. The summed E-state index contributed by atoms with van der Waals surface area (Å²) < 4.78 is 5.21. The van der Waals surface area contributed by atoms with Crippen molar-refractivity contribution in [3.63, 3.8) is 0 Å². The van der Waals surface area contributed by atoms with Gasteiger partial charge in [-0.25, -0.2) is 4.98 Å². The number of thiazole rings is 1. The highest BCUT2D eigenvalue weighted by Gasteiger charge is 2.16. The molecule has 0 aliphatic rings. The third kappa shape index (κ3) is 4.71. The molecular formula is C21H15ClN4O2S. The van der Waals surface area contributed by atoms with Gasteiger partial charge in [-0.3, -0.25) is 10.2 Å². The predicted octanol–water partition coefficient (Wildman–Crippen LogP) is 5.75. The van der Waals surface area contributed by atoms with Crippen molar-refractivity contribution in [2.24, 2.45) is 5.10 Å². The fourth-order valence-corrected chi connectivity index (χ4v) is 3.50. The minimum Gasteiger partial charge on any atom is -0.463 e. The average Bonchev–Trinajstić information content (AvgIpc) is 3.39. The molecule has 4 rings (SSSR count). The number of furan rings is 1. The largest absolute Gasteiger partial charge is 0.463 e. The Kier molecular flexibility index (Phi) is 5.69. The number of benzene rings is 2. The lowest BCUT2D eigenvalue weighted by Gasteiger charge is -2.05. The Balaban J connectivity index is 1.59. The van der Waals surface area contributed by atoms with E-state index in [1.54, 1.807) is 48.9 Å². The van der Waals surface area contributed by atoms with Gasteiger partial charge in [-0.05, 0) is 36.4 Å². The summed E-state index contributed by atoms with van der Waals surface area (Å²) in [5, 5.41) is 8.80. The van der Waals surface area contributed by atoms with Gasteiger partial charge in [0, 0.05) is 16.1 Å². The van der Waals surface area contributed by atoms with Crippen molar-refractivity contribution in [1.82, 2.24) is 4.98 Å². The predicted molar refractivity (Wildman–Crippen MR) is 117 cm³/mol. The quantitative estimate of drug-likeness (QED) is 0.306. The maximum absolute atomic E-state index is 12.6. The maximum atomic E-state index is 12.6. The topological polar surface area (TPSA) is 79.5 Å². The molecule has 0 fully saturated rings. The van der Waals surface area contributed by atoms with Gasteiger partial charge in [-0.2, -0.15) is 5.10 Å². The molecule has 2 heterocycles. The molecule has 0 saturated heterocycles. The van der Waals surface area contributed by atoms with Crippen LogP contribution in [0.5, 0.6) is 0 Å². The molecule has 2 aromatic heterocycles. The second kappa shape index (κ2) is 8.72. The number of rotatable bonds is 6. The summed E-state index contributed by atoms with van der Waals surface area (Å²) in [6.07, 6.45) is 3.12. The summed E-state index contributed by atoms with van der Waals surface area (Å²) in [7, 11) is 0. The fourth-order valence-electron chi connectivity index (χ4n) is 2.54. The molecule has 0 aliphatic heterocycles. The first-order chi connectivity index (χ1) is 14.2. The second-order valence-corrected chi connectivity index (χ2v) is 7.34. The first-order valence-corrected chi connectivity index (χ1v) is 9.84. The number of aromatic nitrogens is 1. The molecule has 0 atom stereocenters. The van der Waals surface area contributed by atoms with Crippen molar-refractivity contribution in [3.05, 3.63) is 89.3 Å². The van der Waals surface area contributed by atoms with Crippen molar-refractivity contribution in [2.45, 2.75) is 0 Å². The number of anilines is 2. The van der Waals surface area contributed by atoms with E-state index in [9.17, 15) is 4.79 Å². The maximum Gasteiger partial charge on any atom is 0.256 e. The normalized spacial score (nSPS) is 10.9. The lowest BCUT2D eigenvalue weighted by Crippen LogP contribution is -2.11. The van der Waals surface area contributed by atoms with Crippen molar-refractivity contribution >= 4 is 45.2 Å². The van der Waals surface area contributed by atoms with Gasteiger partial charge in [0.05, 0.1) is 12.5 Å². The highest BCUT2D eigenvalue weighted by molar-refractivity contribution is 7.20. The number of nitrogens with zero attached hydrogens (tertiary/aromatic N) is 2. The van der Waals surface area contributed by atoms with E-state index >= 15 is 0 Å². The van der Waals surface area contributed by atoms with E-state index in [4.69, 9.17) is 16.0 Å². The van der Waals surface area contributed by atoms with Crippen LogP contribution < -0.4 is 10.7 Å². The van der Waals surface area contributed by atoms with Crippen LogP contribution in [0.1, 0.15) is 16.1 Å². The summed E-state index contributed by atoms with van der Waals surface area (Å²) >= 11 is 7.20. The standard InChI is InChI=1S/C21H15ClN4O2S/c22-16-10-8-15(9-11-16)19(27)25-20-18(14-5-2-1-3-6-14)24-21(29-20)26-23-13-17-7-4-12-28-17/h1-13H,(H,24,26)(H,25,27)/b23-13-. The molecule has 2 N–H and O–H groups in total. The lowest BCUT2D eigenvalue weighted by molar-refractivity contribution is 0.102. The van der Waals surface area contributed by atoms with E-state index in [0.717, 1.165) is 5.56 Å². The molecule has 8 heteroatoms. The van der Waals surface area contributed by atoms with Gasteiger partial charge in [-0.15, -0.1) is 0 Å². The monoisotopic (exact) mass is 422 g/mol. The first kappa shape index (κ1) is 18.9. The molecule has 0 bridgehead atoms. The number of hydrazone groups is 1. The van der Waals surface area contributed by atoms with Crippen molar-refractivity contribution < 1.29 is 9.21 Å². The number of nitrogens with one attached hydrogen (secondary N) is 2. The van der Waals surface area contributed by atoms with E-state index in [1.807, 2.05) is 30.3 Å². The van der Waals surface area contributed by atoms with Crippen LogP contribution >= 0.6 is 22.9 Å². The Morgan fingerprint density at radius 2 is 1.86 bits per heavy atom. The zero-order chi connectivity index (χ0) is 20.1. The third-order valence-electron chi connectivity index (χ3n) is 3.90. The fraction of sp³-hybridized carbons (Fsp3) is 0. The van der Waals surface area contributed by atoms with E-state index in [1.165, 1.54) is 11.3 Å². The first-order valence-electron chi connectivity index (χ1n) is 8.65. The highest BCUT2D eigenvalue weighted by Crippen LogP contribution is 2.36. The van der Waals surface area contributed by atoms with Crippen LogP contribution in [0.2, 0.25) is 5.02 Å². The zero-order valence-electron chi connectivity index (χ0n) is 15.0. The number of halogens is 1. The van der Waals surface area contributed by atoms with Gasteiger partial charge in [0.2, 0.25) is 5.13 Å². The molecule has 2 aromatic carbocycles. The molecule has 0 unspecified atom stereocenters. The SMILES string of the molecule is O=C(Nc1sc(N/N=C\c2ccco2)nc1-c1ccccc1)c1ccc(Cl)cc1. The molecular weight excluding hydrogens is 408 g/mol. The van der Waals surface area contributed by atoms with Crippen LogP contribution in [0, 0.1) is 0 Å². The molecule has 0 saturated carbocycles. The Labute approximate surface area is 175 Å². The number of hydrogen-bond donors (Lipinski definition) is 2. The minimum absolute atomic E-state index is 0.242. The molecule has 144 valence electrons. The van der Waals surface area contributed by atoms with E-state index in [-0.39, 0.29) is 5.91 Å². The minimum atomic E-state index is -0.242. The van der Waals surface area contributed by atoms with Crippen LogP contribution in [0.3, 0.4) is 0 Å². The molecule has 0 radical (unpaired) electrons. The van der Waals surface area contributed by atoms with Gasteiger partial charge in [0.1, 0.15) is 16.5 Å². The molecule has 0 aliphatic carbocycles. The summed E-state index contributed by atoms with van der Waals surface area (Å²) in [6, 6.07) is 19.9. The second-order valence-electron chi connectivity index (χ2n) is 5.91. The van der Waals surface area contributed by atoms with Crippen molar-refractivity contribution in [2.75, 3.05) is 10.7 Å². The average molecular weight is 423 g/mol. The van der Waals surface area contributed by atoms with Crippen LogP contribution in [0.4, 0.5) is 10.1 Å². The van der Waals surface area contributed by atoms with Crippen molar-refractivity contribution in [3.8, 4) is 11.3 Å². The van der Waals surface area contributed by atoms with Gasteiger partial charge < -0.3 is 9.73 Å². The summed E-state index contributed by atoms with van der Waals surface area (Å²) in [5.41, 5.74) is 4.94. The molecule has 6 nitrogen and oxygen atoms in total. The molecule has 29 heavy (non-hydrogen) atoms. The van der Waals surface area contributed by atoms with E-state index in [0.29, 0.717) is 32.2 Å². The lowest BCUT2D eigenvalue weighted by atomic mass is 10.1. The Hall–Kier alpha value is -3.42. The Bertz CT molecular complexity index is 1120. The zero-order valence-corrected chi connectivity index (χ0v) is 16.6. The number of hydrogen-bond acceptors (Lipinski definition) is 6. The van der Waals surface area contributed by atoms with Crippen LogP contribution in [-0.4, -0.2) is 17.1 Å². The smallest absolute Gasteiger partial charge is 0.256 e. The molecule has 1 amide bonds. The Morgan fingerprint density at radius 3 is 2.59 bits per heavy atom. The van der Waals surface area contributed by atoms with E-state index < -0.39 is 0 Å². The molecule has 4 aromatic rings. The van der Waals surface area contributed by atoms with Crippen LogP contribution in [0.15, 0.2) is 82.5 Å². The van der Waals surface area contributed by atoms with Gasteiger partial charge in [-0.1, -0.05) is 53.3 Å². The number of amides is 1. The number of carbonyl (C=O) groups is 1. The van der Waals surface area contributed by atoms with Crippen molar-refractivity contribution in [1.29, 1.82) is 0 Å². The summed E-state index contributed by atoms with van der Waals surface area (Å²) in [6.45, 7) is 0. The van der Waals surface area contributed by atoms with Crippen LogP contribution in [0.25, 0.3) is 11.3 Å². The summed E-state index contributed by atoms with van der Waals surface area (Å²) in [5.74, 6) is 0.377. The van der Waals surface area contributed by atoms with Crippen LogP contribution in [-0.2, 0) is 0 Å². The highest BCUT2D eigenvalue weighted by atomic mass is 35.5. The van der Waals surface area contributed by atoms with E-state index in [2.05, 4.69) is 20.8 Å².